The zero-order valence-corrected chi connectivity index (χ0v) is 14.7. The molecule has 1 aliphatic heterocycles. The minimum atomic E-state index is -0.396. The monoisotopic (exact) mass is 352 g/mol. The van der Waals surface area contributed by atoms with Crippen molar-refractivity contribution in [2.45, 2.75) is 13.0 Å². The summed E-state index contributed by atoms with van der Waals surface area (Å²) in [5, 5.41) is 2.91. The average Bonchev–Trinajstić information content (AvgIpc) is 2.90. The molecule has 0 spiro atoms. The summed E-state index contributed by atoms with van der Waals surface area (Å²) in [6, 6.07) is 14.0. The van der Waals surface area contributed by atoms with Gasteiger partial charge in [0, 0.05) is 12.7 Å². The molecule has 0 fully saturated rings. The smallest absolute Gasteiger partial charge is 0.261 e. The van der Waals surface area contributed by atoms with Gasteiger partial charge in [-0.15, -0.1) is 0 Å². The van der Waals surface area contributed by atoms with Crippen LogP contribution < -0.4 is 5.32 Å². The minimum absolute atomic E-state index is 0.174. The molecule has 0 aromatic heterocycles. The van der Waals surface area contributed by atoms with Crippen LogP contribution >= 0.6 is 0 Å². The molecule has 26 heavy (non-hydrogen) atoms. The molecule has 1 aliphatic rings. The molecule has 3 rings (SSSR count). The van der Waals surface area contributed by atoms with E-state index in [1.165, 1.54) is 19.2 Å². The first-order chi connectivity index (χ1) is 12.5. The van der Waals surface area contributed by atoms with Crippen LogP contribution in [0.5, 0.6) is 0 Å². The normalized spacial score (nSPS) is 14.3. The van der Waals surface area contributed by atoms with Crippen LogP contribution in [0.2, 0.25) is 0 Å². The minimum Gasteiger partial charge on any atom is -0.383 e. The molecule has 0 saturated heterocycles. The van der Waals surface area contributed by atoms with E-state index in [9.17, 15) is 14.4 Å². The highest BCUT2D eigenvalue weighted by molar-refractivity contribution is 6.22. The lowest BCUT2D eigenvalue weighted by molar-refractivity contribution is 0.0603. The van der Waals surface area contributed by atoms with Crippen molar-refractivity contribution in [1.82, 2.24) is 10.2 Å². The molecule has 1 N–H and O–H groups in total. The predicted octanol–water partition coefficient (Wildman–Crippen LogP) is 2.42. The maximum Gasteiger partial charge on any atom is 0.261 e. The van der Waals surface area contributed by atoms with Gasteiger partial charge in [-0.05, 0) is 30.7 Å². The molecule has 6 nitrogen and oxygen atoms in total. The molecule has 0 saturated carbocycles. The number of nitrogens with zero attached hydrogens (tertiary/aromatic N) is 1. The first kappa shape index (κ1) is 17.8. The lowest BCUT2D eigenvalue weighted by Gasteiger charge is -2.14. The van der Waals surface area contributed by atoms with E-state index in [0.717, 1.165) is 10.5 Å². The maximum absolute atomic E-state index is 12.5. The van der Waals surface area contributed by atoms with E-state index in [2.05, 4.69) is 5.32 Å². The topological polar surface area (TPSA) is 75.7 Å². The van der Waals surface area contributed by atoms with Crippen molar-refractivity contribution in [3.8, 4) is 0 Å². The summed E-state index contributed by atoms with van der Waals surface area (Å²) in [4.78, 5) is 38.4. The van der Waals surface area contributed by atoms with Gasteiger partial charge in [0.2, 0.25) is 0 Å². The molecule has 3 amide bonds. The van der Waals surface area contributed by atoms with Gasteiger partial charge in [0.15, 0.2) is 0 Å². The van der Waals surface area contributed by atoms with Gasteiger partial charge < -0.3 is 10.1 Å². The Hall–Kier alpha value is -2.99. The number of carbonyl (C=O) groups is 3. The number of fused-ring (bicyclic) bond motifs is 1. The van der Waals surface area contributed by atoms with Gasteiger partial charge in [-0.3, -0.25) is 19.3 Å². The quantitative estimate of drug-likeness (QED) is 0.810. The Labute approximate surface area is 151 Å². The van der Waals surface area contributed by atoms with Gasteiger partial charge in [-0.25, -0.2) is 0 Å². The second kappa shape index (κ2) is 7.49. The highest BCUT2D eigenvalue weighted by atomic mass is 16.5. The third-order valence-corrected chi connectivity index (χ3v) is 4.40. The number of amides is 3. The molecule has 1 unspecified atom stereocenters. The summed E-state index contributed by atoms with van der Waals surface area (Å²) in [6.07, 6.45) is 0. The second-order valence-electron chi connectivity index (χ2n) is 6.12. The van der Waals surface area contributed by atoms with Crippen LogP contribution in [0, 0.1) is 0 Å². The van der Waals surface area contributed by atoms with Crippen molar-refractivity contribution in [2.24, 2.45) is 0 Å². The summed E-state index contributed by atoms with van der Waals surface area (Å²) >= 11 is 0. The first-order valence-corrected chi connectivity index (χ1v) is 8.38. The zero-order chi connectivity index (χ0) is 18.7. The van der Waals surface area contributed by atoms with Crippen LogP contribution in [0.25, 0.3) is 0 Å². The number of rotatable bonds is 6. The fourth-order valence-electron chi connectivity index (χ4n) is 2.92. The molecule has 0 radical (unpaired) electrons. The molecular formula is C20H20N2O4. The van der Waals surface area contributed by atoms with Gasteiger partial charge in [-0.2, -0.15) is 0 Å². The van der Waals surface area contributed by atoms with Gasteiger partial charge in [-0.1, -0.05) is 30.3 Å². The number of ether oxygens (including phenoxy) is 1. The molecule has 2 aromatic carbocycles. The second-order valence-corrected chi connectivity index (χ2v) is 6.12. The lowest BCUT2D eigenvalue weighted by Crippen LogP contribution is -2.32. The first-order valence-electron chi connectivity index (χ1n) is 8.38. The van der Waals surface area contributed by atoms with Gasteiger partial charge in [0.05, 0.1) is 30.3 Å². The number of imide groups is 1. The van der Waals surface area contributed by atoms with E-state index in [1.807, 2.05) is 37.3 Å². The highest BCUT2D eigenvalue weighted by Gasteiger charge is 2.35. The predicted molar refractivity (Wildman–Crippen MR) is 96.0 cm³/mol. The van der Waals surface area contributed by atoms with E-state index in [0.29, 0.717) is 11.1 Å². The largest absolute Gasteiger partial charge is 0.383 e. The van der Waals surface area contributed by atoms with Gasteiger partial charge in [0.25, 0.3) is 17.7 Å². The van der Waals surface area contributed by atoms with Crippen molar-refractivity contribution >= 4 is 17.7 Å². The number of benzene rings is 2. The molecule has 0 bridgehead atoms. The maximum atomic E-state index is 12.5. The van der Waals surface area contributed by atoms with E-state index in [-0.39, 0.29) is 36.6 Å². The van der Waals surface area contributed by atoms with Crippen molar-refractivity contribution in [1.29, 1.82) is 0 Å². The van der Waals surface area contributed by atoms with Crippen LogP contribution in [-0.4, -0.2) is 42.9 Å². The van der Waals surface area contributed by atoms with Crippen molar-refractivity contribution in [3.05, 3.63) is 70.8 Å². The molecule has 6 heteroatoms. The SMILES string of the molecule is COCCN1C(=O)c2ccc(C(=O)NC(C)c3ccccc3)cc2C1=O. The van der Waals surface area contributed by atoms with E-state index in [4.69, 9.17) is 4.74 Å². The summed E-state index contributed by atoms with van der Waals surface area (Å²) < 4.78 is 4.94. The fraction of sp³-hybridized carbons (Fsp3) is 0.250. The molecule has 1 atom stereocenters. The van der Waals surface area contributed by atoms with Crippen LogP contribution in [0.1, 0.15) is 49.6 Å². The number of hydrogen-bond donors (Lipinski definition) is 1. The molecule has 2 aromatic rings. The molecular weight excluding hydrogens is 332 g/mol. The molecule has 1 heterocycles. The van der Waals surface area contributed by atoms with Gasteiger partial charge in [0.1, 0.15) is 0 Å². The highest BCUT2D eigenvalue weighted by Crippen LogP contribution is 2.24. The fourth-order valence-corrected chi connectivity index (χ4v) is 2.92. The van der Waals surface area contributed by atoms with Crippen molar-refractivity contribution < 1.29 is 19.1 Å². The Morgan fingerprint density at radius 3 is 2.46 bits per heavy atom. The van der Waals surface area contributed by atoms with Crippen LogP contribution in [0.4, 0.5) is 0 Å². The van der Waals surface area contributed by atoms with Crippen molar-refractivity contribution in [2.75, 3.05) is 20.3 Å². The standard InChI is InChI=1S/C20H20N2O4/c1-13(14-6-4-3-5-7-14)21-18(23)15-8-9-16-17(12-15)20(25)22(19(16)24)10-11-26-2/h3-9,12-13H,10-11H2,1-2H3,(H,21,23). The van der Waals surface area contributed by atoms with E-state index >= 15 is 0 Å². The number of carbonyl (C=O) groups excluding carboxylic acids is 3. The zero-order valence-electron chi connectivity index (χ0n) is 14.7. The Balaban J connectivity index is 1.78. The Morgan fingerprint density at radius 2 is 1.77 bits per heavy atom. The molecule has 134 valence electrons. The van der Waals surface area contributed by atoms with Crippen molar-refractivity contribution in [3.63, 3.8) is 0 Å². The van der Waals surface area contributed by atoms with Crippen LogP contribution in [0.15, 0.2) is 48.5 Å². The number of methoxy groups -OCH3 is 1. The summed E-state index contributed by atoms with van der Waals surface area (Å²) in [6.45, 7) is 2.35. The van der Waals surface area contributed by atoms with Crippen LogP contribution in [0.3, 0.4) is 0 Å². The van der Waals surface area contributed by atoms with E-state index < -0.39 is 5.91 Å². The Bertz CT molecular complexity index is 848. The van der Waals surface area contributed by atoms with E-state index in [1.54, 1.807) is 6.07 Å². The number of nitrogens with one attached hydrogen (secondary N) is 1. The Kier molecular flexibility index (Phi) is 5.14. The molecule has 0 aliphatic carbocycles. The average molecular weight is 352 g/mol. The number of hydrogen-bond acceptors (Lipinski definition) is 4. The summed E-state index contributed by atoms with van der Waals surface area (Å²) in [5.41, 5.74) is 1.91. The summed E-state index contributed by atoms with van der Waals surface area (Å²) in [7, 11) is 1.51. The third-order valence-electron chi connectivity index (χ3n) is 4.40. The third kappa shape index (κ3) is 3.36. The summed E-state index contributed by atoms with van der Waals surface area (Å²) in [5.74, 6) is -1.04. The van der Waals surface area contributed by atoms with Gasteiger partial charge >= 0.3 is 0 Å². The Morgan fingerprint density at radius 1 is 1.08 bits per heavy atom. The van der Waals surface area contributed by atoms with Crippen LogP contribution in [-0.2, 0) is 4.74 Å². The lowest BCUT2D eigenvalue weighted by atomic mass is 10.0.